The molecule has 1 heterocycles. The number of benzene rings is 1. The number of nitrogens with zero attached hydrogens (tertiary/aromatic N) is 3. The van der Waals surface area contributed by atoms with E-state index in [4.69, 9.17) is 4.42 Å². The molecule has 0 saturated carbocycles. The first-order chi connectivity index (χ1) is 11.9. The fourth-order valence-electron chi connectivity index (χ4n) is 2.54. The minimum atomic E-state index is 0.126. The highest BCUT2D eigenvalue weighted by Gasteiger charge is 2.18. The van der Waals surface area contributed by atoms with E-state index in [1.807, 2.05) is 12.1 Å². The van der Waals surface area contributed by atoms with Gasteiger partial charge in [0.05, 0.1) is 6.21 Å². The van der Waals surface area contributed by atoms with Gasteiger partial charge in [-0.25, -0.2) is 10.4 Å². The fraction of sp³-hybridized carbons (Fsp3) is 0.450. The summed E-state index contributed by atoms with van der Waals surface area (Å²) in [6.45, 7) is 10.7. The third-order valence-corrected chi connectivity index (χ3v) is 4.24. The van der Waals surface area contributed by atoms with Crippen molar-refractivity contribution in [1.29, 1.82) is 5.26 Å². The van der Waals surface area contributed by atoms with E-state index in [1.54, 1.807) is 6.21 Å². The SMILES string of the molecule is CCC(CC)c1nc(C#N)c(N/N=C/c2ccc(C(C)(C)C)cc2)o1. The van der Waals surface area contributed by atoms with Crippen LogP contribution in [0, 0.1) is 11.3 Å². The molecule has 5 nitrogen and oxygen atoms in total. The van der Waals surface area contributed by atoms with Crippen LogP contribution in [0.5, 0.6) is 0 Å². The van der Waals surface area contributed by atoms with Gasteiger partial charge in [-0.3, -0.25) is 0 Å². The Balaban J connectivity index is 2.10. The molecule has 25 heavy (non-hydrogen) atoms. The number of aromatic nitrogens is 1. The Morgan fingerprint density at radius 3 is 2.40 bits per heavy atom. The highest BCUT2D eigenvalue weighted by atomic mass is 16.4. The van der Waals surface area contributed by atoms with Crippen LogP contribution >= 0.6 is 0 Å². The van der Waals surface area contributed by atoms with Gasteiger partial charge in [-0.2, -0.15) is 10.4 Å². The summed E-state index contributed by atoms with van der Waals surface area (Å²) in [5.74, 6) is 1.11. The molecule has 5 heteroatoms. The van der Waals surface area contributed by atoms with E-state index in [2.05, 4.69) is 68.3 Å². The average molecular weight is 338 g/mol. The van der Waals surface area contributed by atoms with Gasteiger partial charge in [0.15, 0.2) is 0 Å². The Hall–Kier alpha value is -2.61. The summed E-state index contributed by atoms with van der Waals surface area (Å²) < 4.78 is 5.69. The van der Waals surface area contributed by atoms with Crippen LogP contribution in [0.3, 0.4) is 0 Å². The Morgan fingerprint density at radius 2 is 1.88 bits per heavy atom. The lowest BCUT2D eigenvalue weighted by atomic mass is 9.87. The van der Waals surface area contributed by atoms with Crippen LogP contribution < -0.4 is 5.43 Å². The van der Waals surface area contributed by atoms with Crippen molar-refractivity contribution < 1.29 is 4.42 Å². The summed E-state index contributed by atoms with van der Waals surface area (Å²) in [6, 6.07) is 10.3. The van der Waals surface area contributed by atoms with Crippen molar-refractivity contribution >= 4 is 12.1 Å². The number of hydrogen-bond acceptors (Lipinski definition) is 5. The van der Waals surface area contributed by atoms with E-state index in [0.717, 1.165) is 18.4 Å². The zero-order valence-electron chi connectivity index (χ0n) is 15.6. The van der Waals surface area contributed by atoms with Crippen LogP contribution in [0.1, 0.15) is 76.1 Å². The quantitative estimate of drug-likeness (QED) is 0.581. The average Bonchev–Trinajstić information content (AvgIpc) is 2.99. The second-order valence-electron chi connectivity index (χ2n) is 7.10. The lowest BCUT2D eigenvalue weighted by molar-refractivity contribution is 0.439. The maximum Gasteiger partial charge on any atom is 0.252 e. The molecule has 0 bridgehead atoms. The molecule has 1 aromatic carbocycles. The van der Waals surface area contributed by atoms with Crippen molar-refractivity contribution in [3.8, 4) is 6.07 Å². The fourth-order valence-corrected chi connectivity index (χ4v) is 2.54. The molecule has 0 aliphatic heterocycles. The highest BCUT2D eigenvalue weighted by molar-refractivity contribution is 5.80. The van der Waals surface area contributed by atoms with Crippen LogP contribution in [0.2, 0.25) is 0 Å². The second kappa shape index (κ2) is 7.98. The summed E-state index contributed by atoms with van der Waals surface area (Å²) in [6.07, 6.45) is 3.54. The Kier molecular flexibility index (Phi) is 5.97. The normalized spacial score (nSPS) is 11.9. The second-order valence-corrected chi connectivity index (χ2v) is 7.10. The molecule has 0 atom stereocenters. The predicted molar refractivity (Wildman–Crippen MR) is 101 cm³/mol. The summed E-state index contributed by atoms with van der Waals surface area (Å²) >= 11 is 0. The van der Waals surface area contributed by atoms with Crippen molar-refractivity contribution in [1.82, 2.24) is 4.98 Å². The van der Waals surface area contributed by atoms with E-state index in [-0.39, 0.29) is 17.0 Å². The number of hydrazone groups is 1. The van der Waals surface area contributed by atoms with Gasteiger partial charge in [0, 0.05) is 5.92 Å². The van der Waals surface area contributed by atoms with Gasteiger partial charge in [0.25, 0.3) is 5.88 Å². The zero-order chi connectivity index (χ0) is 18.4. The molecule has 0 radical (unpaired) electrons. The maximum absolute atomic E-state index is 9.22. The zero-order valence-corrected chi connectivity index (χ0v) is 15.6. The molecule has 0 amide bonds. The van der Waals surface area contributed by atoms with Gasteiger partial charge < -0.3 is 4.42 Å². The molecule has 0 saturated heterocycles. The molecule has 0 aliphatic carbocycles. The van der Waals surface area contributed by atoms with E-state index in [0.29, 0.717) is 11.8 Å². The van der Waals surface area contributed by atoms with E-state index < -0.39 is 0 Å². The molecule has 1 aromatic heterocycles. The molecular formula is C20H26N4O. The van der Waals surface area contributed by atoms with Crippen LogP contribution in [-0.2, 0) is 5.41 Å². The van der Waals surface area contributed by atoms with Crippen molar-refractivity contribution in [2.45, 2.75) is 58.8 Å². The third-order valence-electron chi connectivity index (χ3n) is 4.24. The van der Waals surface area contributed by atoms with Gasteiger partial charge in [0.2, 0.25) is 11.6 Å². The summed E-state index contributed by atoms with van der Waals surface area (Å²) in [5.41, 5.74) is 5.41. The van der Waals surface area contributed by atoms with Crippen LogP contribution in [-0.4, -0.2) is 11.2 Å². The van der Waals surface area contributed by atoms with Crippen molar-refractivity contribution in [2.24, 2.45) is 5.10 Å². The van der Waals surface area contributed by atoms with Gasteiger partial charge in [-0.1, -0.05) is 58.9 Å². The minimum absolute atomic E-state index is 0.126. The molecule has 0 aliphatic rings. The monoisotopic (exact) mass is 338 g/mol. The van der Waals surface area contributed by atoms with Gasteiger partial charge >= 0.3 is 0 Å². The molecule has 0 spiro atoms. The van der Waals surface area contributed by atoms with Crippen molar-refractivity contribution in [2.75, 3.05) is 5.43 Å². The van der Waals surface area contributed by atoms with E-state index in [1.165, 1.54) is 5.56 Å². The number of anilines is 1. The van der Waals surface area contributed by atoms with Gasteiger partial charge in [0.1, 0.15) is 6.07 Å². The maximum atomic E-state index is 9.22. The number of nitriles is 1. The molecule has 2 aromatic rings. The number of rotatable bonds is 6. The Bertz CT molecular complexity index is 756. The highest BCUT2D eigenvalue weighted by Crippen LogP contribution is 2.27. The van der Waals surface area contributed by atoms with Crippen LogP contribution in [0.25, 0.3) is 0 Å². The minimum Gasteiger partial charge on any atom is -0.422 e. The summed E-state index contributed by atoms with van der Waals surface area (Å²) in [7, 11) is 0. The van der Waals surface area contributed by atoms with E-state index >= 15 is 0 Å². The number of hydrogen-bond donors (Lipinski definition) is 1. The van der Waals surface area contributed by atoms with Crippen molar-refractivity contribution in [3.63, 3.8) is 0 Å². The summed E-state index contributed by atoms with van der Waals surface area (Å²) in [5, 5.41) is 13.4. The van der Waals surface area contributed by atoms with Gasteiger partial charge in [-0.05, 0) is 29.4 Å². The lowest BCUT2D eigenvalue weighted by Gasteiger charge is -2.18. The summed E-state index contributed by atoms with van der Waals surface area (Å²) in [4.78, 5) is 4.27. The molecule has 0 fully saturated rings. The van der Waals surface area contributed by atoms with Crippen LogP contribution in [0.4, 0.5) is 5.88 Å². The largest absolute Gasteiger partial charge is 0.422 e. The molecule has 1 N–H and O–H groups in total. The molecular weight excluding hydrogens is 312 g/mol. The topological polar surface area (TPSA) is 74.2 Å². The van der Waals surface area contributed by atoms with Gasteiger partial charge in [-0.15, -0.1) is 0 Å². The van der Waals surface area contributed by atoms with E-state index in [9.17, 15) is 5.26 Å². The standard InChI is InChI=1S/C20H26N4O/c1-6-15(7-2)18-23-17(12-21)19(25-18)24-22-13-14-8-10-16(11-9-14)20(3,4)5/h8-11,13,15,24H,6-7H2,1-5H3/b22-13+. The Labute approximate surface area is 149 Å². The first-order valence-electron chi connectivity index (χ1n) is 8.69. The smallest absolute Gasteiger partial charge is 0.252 e. The first kappa shape index (κ1) is 18.7. The van der Waals surface area contributed by atoms with Crippen molar-refractivity contribution in [3.05, 3.63) is 47.0 Å². The Morgan fingerprint density at radius 1 is 1.24 bits per heavy atom. The molecule has 132 valence electrons. The van der Waals surface area contributed by atoms with Crippen LogP contribution in [0.15, 0.2) is 33.8 Å². The lowest BCUT2D eigenvalue weighted by Crippen LogP contribution is -2.10. The number of nitrogens with one attached hydrogen (secondary N) is 1. The first-order valence-corrected chi connectivity index (χ1v) is 8.69. The number of oxazole rings is 1. The third kappa shape index (κ3) is 4.69. The molecule has 0 unspecified atom stereocenters. The predicted octanol–water partition coefficient (Wildman–Crippen LogP) is 5.19. The molecule has 2 rings (SSSR count).